The average Bonchev–Trinajstić information content (AvgIpc) is 2.72. The highest BCUT2D eigenvalue weighted by Crippen LogP contribution is 2.35. The first-order valence-electron chi connectivity index (χ1n) is 8.27. The molecule has 0 aliphatic carbocycles. The van der Waals surface area contributed by atoms with Gasteiger partial charge in [-0.15, -0.1) is 0 Å². The van der Waals surface area contributed by atoms with Crippen LogP contribution in [0.15, 0.2) is 60.9 Å². The number of aliphatic hydroxyl groups is 2. The number of hydrogen-bond acceptors (Lipinski definition) is 5. The Balaban J connectivity index is 2.20. The highest BCUT2D eigenvalue weighted by atomic mass is 16.5. The lowest BCUT2D eigenvalue weighted by molar-refractivity contribution is -0.0420. The van der Waals surface area contributed by atoms with E-state index >= 15 is 0 Å². The summed E-state index contributed by atoms with van der Waals surface area (Å²) in [6.45, 7) is 0. The van der Waals surface area contributed by atoms with E-state index in [4.69, 9.17) is 9.47 Å². The van der Waals surface area contributed by atoms with Gasteiger partial charge in [0, 0.05) is 40.7 Å². The van der Waals surface area contributed by atoms with Gasteiger partial charge in [0.05, 0.1) is 14.2 Å². The van der Waals surface area contributed by atoms with Crippen molar-refractivity contribution in [2.24, 2.45) is 0 Å². The highest BCUT2D eigenvalue weighted by molar-refractivity contribution is 5.77. The van der Waals surface area contributed by atoms with Crippen LogP contribution in [0.3, 0.4) is 0 Å². The minimum Gasteiger partial charge on any atom is -0.497 e. The highest BCUT2D eigenvalue weighted by Gasteiger charge is 2.16. The van der Waals surface area contributed by atoms with E-state index in [-0.39, 0.29) is 0 Å². The topological polar surface area (TPSA) is 71.8 Å². The van der Waals surface area contributed by atoms with Crippen LogP contribution < -0.4 is 9.47 Å². The number of methoxy groups -OCH3 is 2. The van der Waals surface area contributed by atoms with Gasteiger partial charge in [-0.25, -0.2) is 0 Å². The predicted molar refractivity (Wildman–Crippen MR) is 102 cm³/mol. The maximum atomic E-state index is 9.87. The van der Waals surface area contributed by atoms with Crippen LogP contribution in [-0.2, 0) is 0 Å². The molecule has 0 amide bonds. The summed E-state index contributed by atoms with van der Waals surface area (Å²) in [5.74, 6) is 7.39. The van der Waals surface area contributed by atoms with Crippen LogP contribution in [0.25, 0.3) is 11.1 Å². The van der Waals surface area contributed by atoms with Crippen LogP contribution in [0.2, 0.25) is 0 Å². The van der Waals surface area contributed by atoms with E-state index < -0.39 is 6.29 Å². The van der Waals surface area contributed by atoms with Crippen molar-refractivity contribution in [3.8, 4) is 34.5 Å². The molecule has 0 saturated carbocycles. The first-order chi connectivity index (χ1) is 13.1. The molecule has 3 aromatic rings. The molecule has 3 rings (SSSR count). The molecule has 1 heterocycles. The van der Waals surface area contributed by atoms with Gasteiger partial charge < -0.3 is 19.7 Å². The van der Waals surface area contributed by atoms with Gasteiger partial charge in [0.2, 0.25) is 0 Å². The van der Waals surface area contributed by atoms with E-state index in [0.717, 1.165) is 5.56 Å². The minimum atomic E-state index is -1.64. The van der Waals surface area contributed by atoms with Gasteiger partial charge in [-0.3, -0.25) is 4.98 Å². The number of aromatic nitrogens is 1. The third kappa shape index (κ3) is 4.26. The molecule has 0 spiro atoms. The molecule has 0 aliphatic rings. The van der Waals surface area contributed by atoms with Crippen molar-refractivity contribution in [1.82, 2.24) is 4.98 Å². The standard InChI is InChI=1S/C22H19NO4/c1-26-18-12-17(13-19(14-18)27-2)21-16(4-3-5-20(21)22(24)25)7-6-15-8-10-23-11-9-15/h3-5,8-14,22,24-25H,1-2H3. The number of benzene rings is 2. The SMILES string of the molecule is COc1cc(OC)cc(-c2c(C#Cc3ccncc3)cccc2C(O)O)c1. The smallest absolute Gasteiger partial charge is 0.179 e. The van der Waals surface area contributed by atoms with Gasteiger partial charge in [0.1, 0.15) is 11.5 Å². The van der Waals surface area contributed by atoms with Crippen LogP contribution in [0.1, 0.15) is 23.0 Å². The van der Waals surface area contributed by atoms with Crippen molar-refractivity contribution >= 4 is 0 Å². The molecular weight excluding hydrogens is 342 g/mol. The van der Waals surface area contributed by atoms with E-state index in [1.54, 1.807) is 56.9 Å². The van der Waals surface area contributed by atoms with E-state index in [0.29, 0.717) is 33.8 Å². The van der Waals surface area contributed by atoms with Crippen molar-refractivity contribution < 1.29 is 19.7 Å². The summed E-state index contributed by atoms with van der Waals surface area (Å²) in [7, 11) is 3.13. The van der Waals surface area contributed by atoms with Crippen molar-refractivity contribution in [3.63, 3.8) is 0 Å². The number of nitrogens with zero attached hydrogens (tertiary/aromatic N) is 1. The predicted octanol–water partition coefficient (Wildman–Crippen LogP) is 3.15. The first-order valence-corrected chi connectivity index (χ1v) is 8.27. The summed E-state index contributed by atoms with van der Waals surface area (Å²) in [6, 6.07) is 14.2. The Labute approximate surface area is 157 Å². The van der Waals surface area contributed by atoms with Crippen molar-refractivity contribution in [2.75, 3.05) is 14.2 Å². The molecule has 0 atom stereocenters. The van der Waals surface area contributed by atoms with Gasteiger partial charge >= 0.3 is 0 Å². The Morgan fingerprint density at radius 3 is 2.15 bits per heavy atom. The zero-order chi connectivity index (χ0) is 19.2. The largest absolute Gasteiger partial charge is 0.497 e. The van der Waals surface area contributed by atoms with Gasteiger partial charge in [-0.2, -0.15) is 0 Å². The Morgan fingerprint density at radius 2 is 1.56 bits per heavy atom. The molecule has 0 bridgehead atoms. The summed E-state index contributed by atoms with van der Waals surface area (Å²) in [5.41, 5.74) is 3.16. The fraction of sp³-hybridized carbons (Fsp3) is 0.136. The molecule has 0 radical (unpaired) electrons. The van der Waals surface area contributed by atoms with E-state index in [1.165, 1.54) is 0 Å². The third-order valence-corrected chi connectivity index (χ3v) is 4.04. The second-order valence-corrected chi connectivity index (χ2v) is 5.73. The van der Waals surface area contributed by atoms with E-state index in [1.807, 2.05) is 18.2 Å². The number of rotatable bonds is 4. The molecule has 5 nitrogen and oxygen atoms in total. The Morgan fingerprint density at radius 1 is 0.889 bits per heavy atom. The van der Waals surface area contributed by atoms with Gasteiger partial charge in [0.15, 0.2) is 6.29 Å². The molecule has 5 heteroatoms. The van der Waals surface area contributed by atoms with Crippen LogP contribution >= 0.6 is 0 Å². The van der Waals surface area contributed by atoms with Gasteiger partial charge in [-0.05, 0) is 35.9 Å². The Hall–Kier alpha value is -3.33. The molecule has 2 N–H and O–H groups in total. The fourth-order valence-electron chi connectivity index (χ4n) is 2.74. The third-order valence-electron chi connectivity index (χ3n) is 4.04. The zero-order valence-corrected chi connectivity index (χ0v) is 15.0. The Kier molecular flexibility index (Phi) is 5.72. The van der Waals surface area contributed by atoms with E-state index in [2.05, 4.69) is 16.8 Å². The molecule has 27 heavy (non-hydrogen) atoms. The summed E-state index contributed by atoms with van der Waals surface area (Å²) >= 11 is 0. The molecule has 136 valence electrons. The lowest BCUT2D eigenvalue weighted by atomic mass is 9.93. The van der Waals surface area contributed by atoms with Crippen molar-refractivity contribution in [1.29, 1.82) is 0 Å². The van der Waals surface area contributed by atoms with E-state index in [9.17, 15) is 10.2 Å². The van der Waals surface area contributed by atoms with Gasteiger partial charge in [-0.1, -0.05) is 24.0 Å². The lowest BCUT2D eigenvalue weighted by Crippen LogP contribution is -2.01. The number of pyridine rings is 1. The summed E-state index contributed by atoms with van der Waals surface area (Å²) in [6.07, 6.45) is 1.71. The lowest BCUT2D eigenvalue weighted by Gasteiger charge is -2.15. The molecule has 1 aromatic heterocycles. The summed E-state index contributed by atoms with van der Waals surface area (Å²) in [5, 5.41) is 19.7. The van der Waals surface area contributed by atoms with Crippen LogP contribution in [-0.4, -0.2) is 29.4 Å². The number of ether oxygens (including phenoxy) is 2. The van der Waals surface area contributed by atoms with Crippen molar-refractivity contribution in [2.45, 2.75) is 6.29 Å². The summed E-state index contributed by atoms with van der Waals surface area (Å²) < 4.78 is 10.7. The molecule has 2 aromatic carbocycles. The quantitative estimate of drug-likeness (QED) is 0.552. The van der Waals surface area contributed by atoms with Gasteiger partial charge in [0.25, 0.3) is 0 Å². The molecule has 0 fully saturated rings. The van der Waals surface area contributed by atoms with Crippen molar-refractivity contribution in [3.05, 3.63) is 77.6 Å². The second-order valence-electron chi connectivity index (χ2n) is 5.73. The molecule has 0 aliphatic heterocycles. The number of aliphatic hydroxyl groups excluding tert-OH is 1. The maximum Gasteiger partial charge on any atom is 0.179 e. The monoisotopic (exact) mass is 361 g/mol. The molecule has 0 unspecified atom stereocenters. The fourth-order valence-corrected chi connectivity index (χ4v) is 2.74. The first kappa shape index (κ1) is 18.5. The minimum absolute atomic E-state index is 0.354. The molecular formula is C22H19NO4. The normalized spacial score (nSPS) is 10.3. The van der Waals surface area contributed by atoms with Crippen LogP contribution in [0.5, 0.6) is 11.5 Å². The van der Waals surface area contributed by atoms with Crippen LogP contribution in [0, 0.1) is 11.8 Å². The Bertz CT molecular complexity index is 966. The average molecular weight is 361 g/mol. The maximum absolute atomic E-state index is 9.87. The summed E-state index contributed by atoms with van der Waals surface area (Å²) in [4.78, 5) is 3.98. The number of hydrogen-bond donors (Lipinski definition) is 2. The second kappa shape index (κ2) is 8.37. The zero-order valence-electron chi connectivity index (χ0n) is 15.0. The van der Waals surface area contributed by atoms with Crippen LogP contribution in [0.4, 0.5) is 0 Å². The molecule has 0 saturated heterocycles.